The third kappa shape index (κ3) is 4.90. The lowest BCUT2D eigenvalue weighted by molar-refractivity contribution is -0.167. The summed E-state index contributed by atoms with van der Waals surface area (Å²) in [7, 11) is 3.25. The zero-order valence-corrected chi connectivity index (χ0v) is 19.9. The van der Waals surface area contributed by atoms with Gasteiger partial charge in [-0.25, -0.2) is 0 Å². The molecule has 0 N–H and O–H groups in total. The molecule has 0 radical (unpaired) electrons. The van der Waals surface area contributed by atoms with Gasteiger partial charge in [-0.05, 0) is 47.2 Å². The molecule has 2 amide bonds. The van der Waals surface area contributed by atoms with E-state index < -0.39 is 12.1 Å². The zero-order chi connectivity index (χ0) is 23.4. The molecule has 1 saturated heterocycles. The Kier molecular flexibility index (Phi) is 7.44. The number of benzene rings is 2. The summed E-state index contributed by atoms with van der Waals surface area (Å²) in [4.78, 5) is 31.0. The first-order valence-electron chi connectivity index (χ1n) is 11.1. The third-order valence-corrected chi connectivity index (χ3v) is 6.03. The molecule has 0 spiro atoms. The molecule has 1 heterocycles. The fourth-order valence-electron chi connectivity index (χ4n) is 4.38. The van der Waals surface area contributed by atoms with Crippen LogP contribution in [0.5, 0.6) is 11.5 Å². The van der Waals surface area contributed by atoms with Crippen LogP contribution >= 0.6 is 0 Å². The Balaban J connectivity index is 1.92. The molecule has 0 bridgehead atoms. The first-order chi connectivity index (χ1) is 15.3. The summed E-state index contributed by atoms with van der Waals surface area (Å²) in [5.41, 5.74) is 1.95. The van der Waals surface area contributed by atoms with Crippen molar-refractivity contribution in [1.82, 2.24) is 9.80 Å². The molecular formula is C26H34N2O4. The number of piperazine rings is 1. The van der Waals surface area contributed by atoms with Gasteiger partial charge in [0.1, 0.15) is 23.6 Å². The summed E-state index contributed by atoms with van der Waals surface area (Å²) >= 11 is 0. The van der Waals surface area contributed by atoms with Crippen LogP contribution in [0, 0.1) is 11.8 Å². The summed E-state index contributed by atoms with van der Waals surface area (Å²) < 4.78 is 10.5. The van der Waals surface area contributed by atoms with Crippen molar-refractivity contribution in [2.24, 2.45) is 11.8 Å². The van der Waals surface area contributed by atoms with Crippen LogP contribution in [0.1, 0.15) is 38.8 Å². The van der Waals surface area contributed by atoms with Gasteiger partial charge in [-0.3, -0.25) is 9.59 Å². The van der Waals surface area contributed by atoms with E-state index in [0.29, 0.717) is 13.1 Å². The molecule has 1 fully saturated rings. The van der Waals surface area contributed by atoms with Crippen LogP contribution in [0.15, 0.2) is 48.5 Å². The fraction of sp³-hybridized carbons (Fsp3) is 0.462. The number of rotatable bonds is 8. The van der Waals surface area contributed by atoms with Crippen molar-refractivity contribution in [3.05, 3.63) is 59.7 Å². The Bertz CT molecular complexity index is 844. The zero-order valence-electron chi connectivity index (χ0n) is 19.9. The van der Waals surface area contributed by atoms with Gasteiger partial charge in [0.25, 0.3) is 0 Å². The highest BCUT2D eigenvalue weighted by atomic mass is 16.5. The standard InChI is InChI=1S/C26H34N2O4/c1-17(2)23-25(29)28(16-20-9-13-22(32-6)14-10-20)24(18(3)4)26(30)27(23)15-19-7-11-21(31-5)12-8-19/h7-14,17-18,23-24H,15-16H2,1-6H3/t23-,24+. The molecule has 1 aliphatic heterocycles. The highest BCUT2D eigenvalue weighted by Gasteiger charge is 2.47. The smallest absolute Gasteiger partial charge is 0.246 e. The van der Waals surface area contributed by atoms with E-state index >= 15 is 0 Å². The lowest BCUT2D eigenvalue weighted by Crippen LogP contribution is -2.66. The Morgan fingerprint density at radius 2 is 0.969 bits per heavy atom. The second kappa shape index (κ2) is 10.1. The highest BCUT2D eigenvalue weighted by molar-refractivity contribution is 5.97. The first kappa shape index (κ1) is 23.6. The summed E-state index contributed by atoms with van der Waals surface area (Å²) in [6.07, 6.45) is 0. The van der Waals surface area contributed by atoms with Crippen molar-refractivity contribution in [2.45, 2.75) is 52.9 Å². The van der Waals surface area contributed by atoms with Crippen molar-refractivity contribution >= 4 is 11.8 Å². The SMILES string of the molecule is COc1ccc(CN2C(=O)[C@@H](C(C)C)N(Cc3ccc(OC)cc3)C(=O)[C@@H]2C(C)C)cc1. The number of hydrogen-bond acceptors (Lipinski definition) is 4. The van der Waals surface area contributed by atoms with Gasteiger partial charge in [0.2, 0.25) is 11.8 Å². The van der Waals surface area contributed by atoms with Gasteiger partial charge in [0, 0.05) is 13.1 Å². The largest absolute Gasteiger partial charge is 0.497 e. The molecule has 172 valence electrons. The molecule has 2 atom stereocenters. The van der Waals surface area contributed by atoms with Crippen molar-refractivity contribution in [3.63, 3.8) is 0 Å². The van der Waals surface area contributed by atoms with E-state index in [1.807, 2.05) is 76.2 Å². The molecule has 1 aliphatic rings. The number of hydrogen-bond donors (Lipinski definition) is 0. The van der Waals surface area contributed by atoms with Gasteiger partial charge >= 0.3 is 0 Å². The number of carbonyl (C=O) groups excluding carboxylic acids is 2. The monoisotopic (exact) mass is 438 g/mol. The van der Waals surface area contributed by atoms with Crippen LogP contribution in [-0.2, 0) is 22.7 Å². The minimum Gasteiger partial charge on any atom is -0.497 e. The molecule has 0 saturated carbocycles. The Morgan fingerprint density at radius 1 is 0.656 bits per heavy atom. The molecule has 6 nitrogen and oxygen atoms in total. The van der Waals surface area contributed by atoms with Gasteiger partial charge in [-0.2, -0.15) is 0 Å². The third-order valence-electron chi connectivity index (χ3n) is 6.03. The minimum absolute atomic E-state index is 0.00243. The summed E-state index contributed by atoms with van der Waals surface area (Å²) in [6.45, 7) is 8.79. The number of amides is 2. The summed E-state index contributed by atoms with van der Waals surface area (Å²) in [5, 5.41) is 0. The van der Waals surface area contributed by atoms with Crippen LogP contribution in [0.2, 0.25) is 0 Å². The lowest BCUT2D eigenvalue weighted by Gasteiger charge is -2.48. The molecule has 2 aromatic rings. The Labute approximate surface area is 191 Å². The molecule has 2 aromatic carbocycles. The second-order valence-electron chi connectivity index (χ2n) is 9.01. The van der Waals surface area contributed by atoms with Crippen molar-refractivity contribution in [3.8, 4) is 11.5 Å². The average Bonchev–Trinajstić information content (AvgIpc) is 2.77. The maximum Gasteiger partial charge on any atom is 0.246 e. The van der Waals surface area contributed by atoms with E-state index in [1.54, 1.807) is 24.0 Å². The Hall–Kier alpha value is -3.02. The topological polar surface area (TPSA) is 59.1 Å². The fourth-order valence-corrected chi connectivity index (χ4v) is 4.38. The normalized spacial score (nSPS) is 19.1. The van der Waals surface area contributed by atoms with Crippen LogP contribution in [-0.4, -0.2) is 47.9 Å². The van der Waals surface area contributed by atoms with Gasteiger partial charge in [-0.1, -0.05) is 52.0 Å². The van der Waals surface area contributed by atoms with Crippen molar-refractivity contribution < 1.29 is 19.1 Å². The summed E-state index contributed by atoms with van der Waals surface area (Å²) in [6, 6.07) is 14.3. The maximum atomic E-state index is 13.7. The van der Waals surface area contributed by atoms with Gasteiger partial charge in [0.05, 0.1) is 14.2 Å². The van der Waals surface area contributed by atoms with E-state index in [4.69, 9.17) is 9.47 Å². The lowest BCUT2D eigenvalue weighted by atomic mass is 9.90. The molecular weight excluding hydrogens is 404 g/mol. The van der Waals surface area contributed by atoms with E-state index in [2.05, 4.69) is 0 Å². The number of carbonyl (C=O) groups is 2. The van der Waals surface area contributed by atoms with Crippen LogP contribution < -0.4 is 9.47 Å². The van der Waals surface area contributed by atoms with Crippen LogP contribution in [0.3, 0.4) is 0 Å². The predicted octanol–water partition coefficient (Wildman–Crippen LogP) is 4.12. The van der Waals surface area contributed by atoms with Gasteiger partial charge < -0.3 is 19.3 Å². The van der Waals surface area contributed by atoms with Crippen LogP contribution in [0.4, 0.5) is 0 Å². The Morgan fingerprint density at radius 3 is 1.22 bits per heavy atom. The minimum atomic E-state index is -0.502. The quantitative estimate of drug-likeness (QED) is 0.622. The van der Waals surface area contributed by atoms with E-state index in [1.165, 1.54) is 0 Å². The van der Waals surface area contributed by atoms with E-state index in [9.17, 15) is 9.59 Å². The molecule has 6 heteroatoms. The van der Waals surface area contributed by atoms with Crippen LogP contribution in [0.25, 0.3) is 0 Å². The first-order valence-corrected chi connectivity index (χ1v) is 11.1. The van der Waals surface area contributed by atoms with Crippen molar-refractivity contribution in [2.75, 3.05) is 14.2 Å². The van der Waals surface area contributed by atoms with Gasteiger partial charge in [-0.15, -0.1) is 0 Å². The number of nitrogens with zero attached hydrogens (tertiary/aromatic N) is 2. The molecule has 0 unspecified atom stereocenters. The van der Waals surface area contributed by atoms with E-state index in [-0.39, 0.29) is 23.7 Å². The molecule has 32 heavy (non-hydrogen) atoms. The van der Waals surface area contributed by atoms with Crippen molar-refractivity contribution in [1.29, 1.82) is 0 Å². The highest BCUT2D eigenvalue weighted by Crippen LogP contribution is 2.30. The predicted molar refractivity (Wildman–Crippen MR) is 124 cm³/mol. The number of ether oxygens (including phenoxy) is 2. The molecule has 3 rings (SSSR count). The average molecular weight is 439 g/mol. The summed E-state index contributed by atoms with van der Waals surface area (Å²) in [5.74, 6) is 1.53. The van der Waals surface area contributed by atoms with Gasteiger partial charge in [0.15, 0.2) is 0 Å². The molecule has 0 aliphatic carbocycles. The van der Waals surface area contributed by atoms with E-state index in [0.717, 1.165) is 22.6 Å². The number of methoxy groups -OCH3 is 2. The maximum absolute atomic E-state index is 13.7. The molecule has 0 aromatic heterocycles. The second-order valence-corrected chi connectivity index (χ2v) is 9.01.